The zero-order valence-electron chi connectivity index (χ0n) is 11.1. The topological polar surface area (TPSA) is 160 Å². The minimum atomic E-state index is -2.01. The van der Waals surface area contributed by atoms with Crippen molar-refractivity contribution in [1.29, 1.82) is 0 Å². The molecular weight excluding hydrogens is 276 g/mol. The summed E-state index contributed by atoms with van der Waals surface area (Å²) in [4.78, 5) is 0. The first-order valence-corrected chi connectivity index (χ1v) is 6.15. The summed E-state index contributed by atoms with van der Waals surface area (Å²) >= 11 is 0. The van der Waals surface area contributed by atoms with E-state index in [1.807, 2.05) is 0 Å². The Morgan fingerprint density at radius 3 is 2.30 bits per heavy atom. The Kier molecular flexibility index (Phi) is 5.84. The van der Waals surface area contributed by atoms with Crippen molar-refractivity contribution in [3.63, 3.8) is 0 Å². The zero-order valence-corrected chi connectivity index (χ0v) is 11.1. The summed E-state index contributed by atoms with van der Waals surface area (Å²) in [6.45, 7) is -1.56. The van der Waals surface area contributed by atoms with Crippen LogP contribution in [0.5, 0.6) is 0 Å². The molecule has 0 bridgehead atoms. The second kappa shape index (κ2) is 6.60. The number of hydrogen-bond donors (Lipinski definition) is 7. The Labute approximate surface area is 115 Å². The van der Waals surface area contributed by atoms with Crippen molar-refractivity contribution in [1.82, 2.24) is 0 Å². The maximum absolute atomic E-state index is 9.82. The van der Waals surface area contributed by atoms with Gasteiger partial charge in [0, 0.05) is 0 Å². The minimum Gasteiger partial charge on any atom is -0.394 e. The molecule has 120 valence electrons. The van der Waals surface area contributed by atoms with Crippen LogP contribution in [-0.2, 0) is 9.47 Å². The highest BCUT2D eigenvalue weighted by atomic mass is 16.7. The molecule has 9 nitrogen and oxygen atoms in total. The number of rotatable bonds is 7. The molecule has 6 unspecified atom stereocenters. The molecule has 1 fully saturated rings. The van der Waals surface area contributed by atoms with Gasteiger partial charge in [-0.15, -0.1) is 0 Å². The Bertz CT molecular complexity index is 310. The SMILES string of the molecule is CC(O)(CO)C(O)COC1(CO)OC(CO)C(O)C1O. The van der Waals surface area contributed by atoms with Gasteiger partial charge in [-0.2, -0.15) is 0 Å². The maximum atomic E-state index is 9.82. The molecule has 0 aromatic heterocycles. The lowest BCUT2D eigenvalue weighted by Crippen LogP contribution is -2.52. The second-order valence-corrected chi connectivity index (χ2v) is 5.09. The van der Waals surface area contributed by atoms with Crippen LogP contribution in [0.25, 0.3) is 0 Å². The normalized spacial score (nSPS) is 38.7. The maximum Gasteiger partial charge on any atom is 0.221 e. The first-order chi connectivity index (χ1) is 9.24. The largest absolute Gasteiger partial charge is 0.394 e. The number of hydrogen-bond acceptors (Lipinski definition) is 9. The van der Waals surface area contributed by atoms with Crippen molar-refractivity contribution in [2.75, 3.05) is 26.4 Å². The standard InChI is InChI=1S/C11H22O9/c1-10(18,4-13)7(15)3-19-11(5-14)9(17)8(16)6(2-12)20-11/h6-9,12-18H,2-5H2,1H3. The second-order valence-electron chi connectivity index (χ2n) is 5.09. The monoisotopic (exact) mass is 298 g/mol. The van der Waals surface area contributed by atoms with E-state index in [4.69, 9.17) is 19.7 Å². The average Bonchev–Trinajstić information content (AvgIpc) is 2.69. The van der Waals surface area contributed by atoms with Crippen LogP contribution in [0.3, 0.4) is 0 Å². The summed E-state index contributed by atoms with van der Waals surface area (Å²) in [5.74, 6) is -2.01. The minimum absolute atomic E-state index is 0.573. The van der Waals surface area contributed by atoms with Crippen LogP contribution in [0.2, 0.25) is 0 Å². The molecule has 0 radical (unpaired) electrons. The van der Waals surface area contributed by atoms with Crippen LogP contribution in [0, 0.1) is 0 Å². The summed E-state index contributed by atoms with van der Waals surface area (Å²) in [5.41, 5.74) is -1.84. The summed E-state index contributed by atoms with van der Waals surface area (Å²) in [5, 5.41) is 65.8. The molecule has 0 amide bonds. The van der Waals surface area contributed by atoms with E-state index in [1.165, 1.54) is 6.92 Å². The number of aliphatic hydroxyl groups is 7. The van der Waals surface area contributed by atoms with E-state index in [9.17, 15) is 25.5 Å². The fourth-order valence-electron chi connectivity index (χ4n) is 1.81. The highest BCUT2D eigenvalue weighted by Crippen LogP contribution is 2.32. The zero-order chi connectivity index (χ0) is 15.6. The van der Waals surface area contributed by atoms with E-state index in [0.29, 0.717) is 0 Å². The lowest BCUT2D eigenvalue weighted by Gasteiger charge is -2.33. The van der Waals surface area contributed by atoms with Gasteiger partial charge < -0.3 is 45.2 Å². The molecule has 1 saturated heterocycles. The molecule has 1 rings (SSSR count). The summed E-state index contributed by atoms with van der Waals surface area (Å²) in [6.07, 6.45) is -5.77. The van der Waals surface area contributed by atoms with Crippen molar-refractivity contribution in [2.24, 2.45) is 0 Å². The Balaban J connectivity index is 2.73. The van der Waals surface area contributed by atoms with Crippen molar-refractivity contribution >= 4 is 0 Å². The van der Waals surface area contributed by atoms with Crippen molar-refractivity contribution in [3.8, 4) is 0 Å². The molecule has 1 aliphatic rings. The van der Waals surface area contributed by atoms with Gasteiger partial charge in [0.15, 0.2) is 0 Å². The van der Waals surface area contributed by atoms with E-state index < -0.39 is 62.2 Å². The van der Waals surface area contributed by atoms with Gasteiger partial charge in [0.1, 0.15) is 36.6 Å². The number of aliphatic hydroxyl groups excluding tert-OH is 6. The van der Waals surface area contributed by atoms with Gasteiger partial charge >= 0.3 is 0 Å². The Morgan fingerprint density at radius 1 is 1.30 bits per heavy atom. The fourth-order valence-corrected chi connectivity index (χ4v) is 1.81. The van der Waals surface area contributed by atoms with Crippen LogP contribution in [0.4, 0.5) is 0 Å². The molecule has 0 aromatic carbocycles. The van der Waals surface area contributed by atoms with E-state index in [0.717, 1.165) is 0 Å². The third-order valence-corrected chi connectivity index (χ3v) is 3.43. The van der Waals surface area contributed by atoms with Gasteiger partial charge in [0.25, 0.3) is 0 Å². The molecule has 0 saturated carbocycles. The molecule has 0 aliphatic carbocycles. The first kappa shape index (κ1) is 17.7. The predicted octanol–water partition coefficient (Wildman–Crippen LogP) is -4.09. The average molecular weight is 298 g/mol. The van der Waals surface area contributed by atoms with Gasteiger partial charge in [0.2, 0.25) is 5.79 Å². The van der Waals surface area contributed by atoms with Crippen molar-refractivity contribution in [3.05, 3.63) is 0 Å². The van der Waals surface area contributed by atoms with Gasteiger partial charge in [-0.1, -0.05) is 0 Å². The van der Waals surface area contributed by atoms with Crippen molar-refractivity contribution < 1.29 is 45.2 Å². The molecule has 0 spiro atoms. The van der Waals surface area contributed by atoms with Gasteiger partial charge in [-0.3, -0.25) is 0 Å². The lowest BCUT2D eigenvalue weighted by molar-refractivity contribution is -0.289. The Hall–Kier alpha value is -0.360. The Morgan fingerprint density at radius 2 is 1.90 bits per heavy atom. The number of ether oxygens (including phenoxy) is 2. The molecule has 7 N–H and O–H groups in total. The van der Waals surface area contributed by atoms with Crippen LogP contribution in [-0.4, -0.2) is 98.0 Å². The quantitative estimate of drug-likeness (QED) is 0.248. The van der Waals surface area contributed by atoms with Gasteiger partial charge in [-0.25, -0.2) is 0 Å². The summed E-state index contributed by atoms with van der Waals surface area (Å²) in [6, 6.07) is 0. The van der Waals surface area contributed by atoms with Crippen molar-refractivity contribution in [2.45, 2.75) is 42.7 Å². The van der Waals surface area contributed by atoms with Crippen LogP contribution >= 0.6 is 0 Å². The van der Waals surface area contributed by atoms with Crippen LogP contribution < -0.4 is 0 Å². The van der Waals surface area contributed by atoms with Crippen LogP contribution in [0.1, 0.15) is 6.92 Å². The molecule has 1 heterocycles. The molecule has 6 atom stereocenters. The van der Waals surface area contributed by atoms with E-state index in [-0.39, 0.29) is 0 Å². The van der Waals surface area contributed by atoms with E-state index >= 15 is 0 Å². The van der Waals surface area contributed by atoms with Crippen LogP contribution in [0.15, 0.2) is 0 Å². The fraction of sp³-hybridized carbons (Fsp3) is 1.00. The lowest BCUT2D eigenvalue weighted by atomic mass is 10.0. The molecule has 9 heteroatoms. The smallest absolute Gasteiger partial charge is 0.221 e. The third-order valence-electron chi connectivity index (χ3n) is 3.43. The highest BCUT2D eigenvalue weighted by Gasteiger charge is 2.55. The molecule has 1 aliphatic heterocycles. The third kappa shape index (κ3) is 3.27. The molecule has 20 heavy (non-hydrogen) atoms. The van der Waals surface area contributed by atoms with Gasteiger partial charge in [-0.05, 0) is 6.92 Å². The first-order valence-electron chi connectivity index (χ1n) is 6.15. The summed E-state index contributed by atoms with van der Waals surface area (Å²) in [7, 11) is 0. The predicted molar refractivity (Wildman–Crippen MR) is 63.5 cm³/mol. The summed E-state index contributed by atoms with van der Waals surface area (Å²) < 4.78 is 10.2. The molecule has 0 aromatic rings. The van der Waals surface area contributed by atoms with E-state index in [2.05, 4.69) is 0 Å². The van der Waals surface area contributed by atoms with E-state index in [1.54, 1.807) is 0 Å². The van der Waals surface area contributed by atoms with Gasteiger partial charge in [0.05, 0.1) is 19.8 Å². The molecular formula is C11H22O9. The highest BCUT2D eigenvalue weighted by molar-refractivity contribution is 4.97.